The van der Waals surface area contributed by atoms with Crippen LogP contribution in [0.1, 0.15) is 43.7 Å². The summed E-state index contributed by atoms with van der Waals surface area (Å²) in [5, 5.41) is 14.5. The Kier molecular flexibility index (Phi) is 4.09. The van der Waals surface area contributed by atoms with E-state index in [0.717, 1.165) is 43.7 Å². The molecule has 0 amide bonds. The third-order valence-corrected chi connectivity index (χ3v) is 5.16. The van der Waals surface area contributed by atoms with Gasteiger partial charge in [-0.2, -0.15) is 0 Å². The maximum absolute atomic E-state index is 11.0. The second-order valence-electron chi connectivity index (χ2n) is 6.25. The second kappa shape index (κ2) is 5.85. The smallest absolute Gasteiger partial charge is 0.161 e. The Hall–Kier alpha value is -1.26. The van der Waals surface area contributed by atoms with E-state index in [0.29, 0.717) is 0 Å². The SMILES string of the molecule is COc1ccc([C@@H]2NCC[C@]3(O)CCCC[C@@H]23)cc1OC. The fraction of sp³-hybridized carbons (Fsp3) is 0.647. The molecule has 1 aromatic carbocycles. The topological polar surface area (TPSA) is 50.7 Å². The molecule has 0 spiro atoms. The van der Waals surface area contributed by atoms with Gasteiger partial charge in [0.25, 0.3) is 0 Å². The van der Waals surface area contributed by atoms with Crippen molar-refractivity contribution in [3.63, 3.8) is 0 Å². The van der Waals surface area contributed by atoms with Crippen LogP contribution in [0.15, 0.2) is 18.2 Å². The molecular formula is C17H25NO3. The molecule has 2 fully saturated rings. The molecule has 2 aliphatic rings. The largest absolute Gasteiger partial charge is 0.493 e. The van der Waals surface area contributed by atoms with E-state index in [1.54, 1.807) is 14.2 Å². The van der Waals surface area contributed by atoms with Gasteiger partial charge >= 0.3 is 0 Å². The predicted molar refractivity (Wildman–Crippen MR) is 81.8 cm³/mol. The first-order valence-electron chi connectivity index (χ1n) is 7.85. The van der Waals surface area contributed by atoms with Crippen LogP contribution in [0.3, 0.4) is 0 Å². The zero-order valence-corrected chi connectivity index (χ0v) is 12.9. The van der Waals surface area contributed by atoms with Crippen molar-refractivity contribution in [1.82, 2.24) is 5.32 Å². The molecule has 0 aromatic heterocycles. The Balaban J connectivity index is 1.91. The predicted octanol–water partition coefficient (Wildman–Crippen LogP) is 2.66. The molecule has 21 heavy (non-hydrogen) atoms. The van der Waals surface area contributed by atoms with E-state index in [2.05, 4.69) is 11.4 Å². The van der Waals surface area contributed by atoms with Gasteiger partial charge in [0.05, 0.1) is 19.8 Å². The van der Waals surface area contributed by atoms with E-state index in [1.807, 2.05) is 12.1 Å². The number of aliphatic hydroxyl groups is 1. The van der Waals surface area contributed by atoms with Crippen LogP contribution in [-0.2, 0) is 0 Å². The fourth-order valence-electron chi connectivity index (χ4n) is 4.02. The fourth-order valence-corrected chi connectivity index (χ4v) is 4.02. The lowest BCUT2D eigenvalue weighted by Crippen LogP contribution is -2.53. The van der Waals surface area contributed by atoms with Crippen LogP contribution in [0.2, 0.25) is 0 Å². The summed E-state index contributed by atoms with van der Waals surface area (Å²) in [6, 6.07) is 6.27. The summed E-state index contributed by atoms with van der Waals surface area (Å²) < 4.78 is 10.7. The number of fused-ring (bicyclic) bond motifs is 1. The van der Waals surface area contributed by atoms with Crippen molar-refractivity contribution in [2.24, 2.45) is 5.92 Å². The lowest BCUT2D eigenvalue weighted by molar-refractivity contribution is -0.0861. The van der Waals surface area contributed by atoms with Crippen LogP contribution in [-0.4, -0.2) is 31.5 Å². The molecule has 4 nitrogen and oxygen atoms in total. The zero-order valence-electron chi connectivity index (χ0n) is 12.9. The molecule has 2 N–H and O–H groups in total. The Morgan fingerprint density at radius 1 is 1.14 bits per heavy atom. The Labute approximate surface area is 126 Å². The van der Waals surface area contributed by atoms with Gasteiger partial charge < -0.3 is 19.9 Å². The van der Waals surface area contributed by atoms with Gasteiger partial charge in [0.2, 0.25) is 0 Å². The summed E-state index contributed by atoms with van der Waals surface area (Å²) in [7, 11) is 3.31. The van der Waals surface area contributed by atoms with Gasteiger partial charge in [-0.1, -0.05) is 18.9 Å². The highest BCUT2D eigenvalue weighted by Crippen LogP contribution is 2.46. The summed E-state index contributed by atoms with van der Waals surface area (Å²) in [6.07, 6.45) is 5.23. The van der Waals surface area contributed by atoms with Crippen LogP contribution in [0.4, 0.5) is 0 Å². The van der Waals surface area contributed by atoms with Crippen molar-refractivity contribution in [3.8, 4) is 11.5 Å². The van der Waals surface area contributed by atoms with Crippen molar-refractivity contribution in [1.29, 1.82) is 0 Å². The molecule has 3 rings (SSSR count). The number of ether oxygens (including phenoxy) is 2. The van der Waals surface area contributed by atoms with E-state index in [9.17, 15) is 5.11 Å². The first-order valence-corrected chi connectivity index (χ1v) is 7.85. The van der Waals surface area contributed by atoms with Gasteiger partial charge in [-0.15, -0.1) is 0 Å². The standard InChI is InChI=1S/C17H25NO3/c1-20-14-7-6-12(11-15(14)21-2)16-13-5-3-4-8-17(13,19)9-10-18-16/h6-7,11,13,16,18-19H,3-5,8-10H2,1-2H3/t13-,16-,17+/m0/s1. The van der Waals surface area contributed by atoms with E-state index in [1.165, 1.54) is 12.0 Å². The first kappa shape index (κ1) is 14.7. The maximum atomic E-state index is 11.0. The van der Waals surface area contributed by atoms with Crippen LogP contribution in [0.5, 0.6) is 11.5 Å². The normalized spacial score (nSPS) is 32.3. The molecule has 1 aliphatic carbocycles. The molecule has 3 atom stereocenters. The van der Waals surface area contributed by atoms with Crippen molar-refractivity contribution in [3.05, 3.63) is 23.8 Å². The van der Waals surface area contributed by atoms with Gasteiger partial charge in [0, 0.05) is 12.0 Å². The van der Waals surface area contributed by atoms with Gasteiger partial charge in [-0.25, -0.2) is 0 Å². The summed E-state index contributed by atoms with van der Waals surface area (Å²) in [4.78, 5) is 0. The van der Waals surface area contributed by atoms with E-state index in [-0.39, 0.29) is 12.0 Å². The van der Waals surface area contributed by atoms with Crippen LogP contribution >= 0.6 is 0 Å². The number of methoxy groups -OCH3 is 2. The molecule has 116 valence electrons. The number of benzene rings is 1. The van der Waals surface area contributed by atoms with E-state index in [4.69, 9.17) is 9.47 Å². The summed E-state index contributed by atoms with van der Waals surface area (Å²) >= 11 is 0. The van der Waals surface area contributed by atoms with Gasteiger partial charge in [0.15, 0.2) is 11.5 Å². The third-order valence-electron chi connectivity index (χ3n) is 5.16. The number of rotatable bonds is 3. The Bertz CT molecular complexity index is 501. The highest BCUT2D eigenvalue weighted by Gasteiger charge is 2.45. The lowest BCUT2D eigenvalue weighted by atomic mass is 9.67. The Morgan fingerprint density at radius 3 is 2.71 bits per heavy atom. The summed E-state index contributed by atoms with van der Waals surface area (Å²) in [6.45, 7) is 0.867. The summed E-state index contributed by atoms with van der Waals surface area (Å²) in [5.41, 5.74) is 0.680. The van der Waals surface area contributed by atoms with Gasteiger partial charge in [-0.05, 0) is 43.5 Å². The van der Waals surface area contributed by atoms with Crippen LogP contribution < -0.4 is 14.8 Å². The Morgan fingerprint density at radius 2 is 1.95 bits per heavy atom. The number of nitrogens with one attached hydrogen (secondary N) is 1. The minimum atomic E-state index is -0.499. The molecule has 1 saturated heterocycles. The molecule has 1 heterocycles. The van der Waals surface area contributed by atoms with Crippen molar-refractivity contribution < 1.29 is 14.6 Å². The molecule has 4 heteroatoms. The molecule has 0 unspecified atom stereocenters. The van der Waals surface area contributed by atoms with Crippen LogP contribution in [0, 0.1) is 5.92 Å². The molecule has 0 bridgehead atoms. The number of piperidine rings is 1. The highest BCUT2D eigenvalue weighted by molar-refractivity contribution is 5.44. The van der Waals surface area contributed by atoms with E-state index < -0.39 is 5.60 Å². The highest BCUT2D eigenvalue weighted by atomic mass is 16.5. The van der Waals surface area contributed by atoms with Gasteiger partial charge in [-0.3, -0.25) is 0 Å². The number of hydrogen-bond donors (Lipinski definition) is 2. The maximum Gasteiger partial charge on any atom is 0.161 e. The van der Waals surface area contributed by atoms with Crippen molar-refractivity contribution in [2.75, 3.05) is 20.8 Å². The van der Waals surface area contributed by atoms with E-state index >= 15 is 0 Å². The minimum Gasteiger partial charge on any atom is -0.493 e. The molecule has 1 aliphatic heterocycles. The zero-order chi connectivity index (χ0) is 14.9. The average molecular weight is 291 g/mol. The first-order chi connectivity index (χ1) is 10.2. The third kappa shape index (κ3) is 2.62. The monoisotopic (exact) mass is 291 g/mol. The molecule has 1 aromatic rings. The molecule has 1 saturated carbocycles. The van der Waals surface area contributed by atoms with Gasteiger partial charge in [0.1, 0.15) is 0 Å². The number of hydrogen-bond acceptors (Lipinski definition) is 4. The molecular weight excluding hydrogens is 266 g/mol. The lowest BCUT2D eigenvalue weighted by Gasteiger charge is -2.48. The minimum absolute atomic E-state index is 0.198. The van der Waals surface area contributed by atoms with Crippen molar-refractivity contribution >= 4 is 0 Å². The van der Waals surface area contributed by atoms with Crippen molar-refractivity contribution in [2.45, 2.75) is 43.7 Å². The quantitative estimate of drug-likeness (QED) is 0.899. The second-order valence-corrected chi connectivity index (χ2v) is 6.25. The molecule has 0 radical (unpaired) electrons. The van der Waals surface area contributed by atoms with Crippen LogP contribution in [0.25, 0.3) is 0 Å². The summed E-state index contributed by atoms with van der Waals surface area (Å²) in [5.74, 6) is 1.79. The average Bonchev–Trinajstić information content (AvgIpc) is 2.53.